The minimum atomic E-state index is -0.357. The number of amides is 3. The van der Waals surface area contributed by atoms with E-state index in [4.69, 9.17) is 0 Å². The summed E-state index contributed by atoms with van der Waals surface area (Å²) in [6, 6.07) is -0.357. The van der Waals surface area contributed by atoms with Gasteiger partial charge in [-0.1, -0.05) is 0 Å². The van der Waals surface area contributed by atoms with Crippen LogP contribution in [0.1, 0.15) is 6.92 Å². The van der Waals surface area contributed by atoms with E-state index in [-0.39, 0.29) is 11.9 Å². The fourth-order valence-corrected chi connectivity index (χ4v) is 1.22. The van der Waals surface area contributed by atoms with Crippen LogP contribution < -0.4 is 5.32 Å². The molecule has 1 aliphatic rings. The summed E-state index contributed by atoms with van der Waals surface area (Å²) in [5.74, 6) is -0.310. The monoisotopic (exact) mass is 173 g/mol. The lowest BCUT2D eigenvalue weighted by Gasteiger charge is -2.03. The summed E-state index contributed by atoms with van der Waals surface area (Å²) in [7, 11) is 0. The van der Waals surface area contributed by atoms with Gasteiger partial charge in [0, 0.05) is 6.26 Å². The van der Waals surface area contributed by atoms with Crippen LogP contribution in [0.4, 0.5) is 4.79 Å². The van der Waals surface area contributed by atoms with Crippen molar-refractivity contribution in [1.82, 2.24) is 5.32 Å². The van der Waals surface area contributed by atoms with Gasteiger partial charge in [0.15, 0.2) is 0 Å². The summed E-state index contributed by atoms with van der Waals surface area (Å²) in [5, 5.41) is 2.20. The van der Waals surface area contributed by atoms with Gasteiger partial charge >= 0.3 is 11.9 Å². The van der Waals surface area contributed by atoms with Crippen LogP contribution in [0.25, 0.3) is 0 Å². The maximum absolute atomic E-state index is 10.9. The molecule has 1 N–H and O–H groups in total. The van der Waals surface area contributed by atoms with Gasteiger partial charge in [-0.25, -0.2) is 4.79 Å². The third-order valence-corrected chi connectivity index (χ3v) is 2.05. The zero-order chi connectivity index (χ0) is 8.43. The molecule has 0 radical (unpaired) electrons. The lowest BCUT2D eigenvalue weighted by atomic mass is 10.3. The second-order valence-electron chi connectivity index (χ2n) is 2.12. The van der Waals surface area contributed by atoms with Crippen LogP contribution in [0.3, 0.4) is 0 Å². The average molecular weight is 173 g/mol. The average Bonchev–Trinajstić information content (AvgIpc) is 1.97. The molecule has 0 atom stereocenters. The van der Waals surface area contributed by atoms with Crippen LogP contribution in [-0.2, 0) is 16.4 Å². The van der Waals surface area contributed by atoms with Crippen molar-refractivity contribution in [2.45, 2.75) is 6.92 Å². The molecule has 4 nitrogen and oxygen atoms in total. The molecule has 1 aliphatic heterocycles. The van der Waals surface area contributed by atoms with Crippen LogP contribution in [0.15, 0.2) is 11.8 Å². The van der Waals surface area contributed by atoms with Gasteiger partial charge < -0.3 is 0 Å². The van der Waals surface area contributed by atoms with E-state index in [1.165, 1.54) is 3.95 Å². The number of nitrogens with zero attached hydrogens (tertiary/aromatic N) is 1. The largest absolute Gasteiger partial charge is 0.509 e. The molecule has 3 amide bonds. The maximum atomic E-state index is 10.9. The van der Waals surface area contributed by atoms with E-state index in [1.54, 1.807) is 13.1 Å². The van der Waals surface area contributed by atoms with Crippen LogP contribution in [-0.4, -0.2) is 22.1 Å². The minimum absolute atomic E-state index is 0.310. The van der Waals surface area contributed by atoms with E-state index in [0.29, 0.717) is 5.57 Å². The van der Waals surface area contributed by atoms with Crippen molar-refractivity contribution in [2.24, 2.45) is 0 Å². The Morgan fingerprint density at radius 2 is 2.18 bits per heavy atom. The Morgan fingerprint density at radius 3 is 2.73 bits per heavy atom. The van der Waals surface area contributed by atoms with Crippen molar-refractivity contribution in [1.29, 1.82) is 0 Å². The zero-order valence-corrected chi connectivity index (χ0v) is 7.18. The van der Waals surface area contributed by atoms with Crippen molar-refractivity contribution >= 4 is 23.5 Å². The first-order chi connectivity index (χ1) is 5.15. The Labute approximate surface area is 68.0 Å². The summed E-state index contributed by atoms with van der Waals surface area (Å²) in [6.07, 6.45) is 3.36. The first-order valence-electron chi connectivity index (χ1n) is 3.08. The lowest BCUT2D eigenvalue weighted by molar-refractivity contribution is -0.322. The Kier molecular flexibility index (Phi) is 2.19. The fraction of sp³-hybridized carbons (Fsp3) is 0.333. The highest BCUT2D eigenvalue weighted by atomic mass is 32.1. The van der Waals surface area contributed by atoms with Gasteiger partial charge in [-0.05, 0) is 18.5 Å². The third kappa shape index (κ3) is 1.54. The summed E-state index contributed by atoms with van der Waals surface area (Å²) in [4.78, 5) is 21.8. The smallest absolute Gasteiger partial charge is 0.241 e. The quantitative estimate of drug-likeness (QED) is 0.393. The van der Waals surface area contributed by atoms with Crippen molar-refractivity contribution in [3.8, 4) is 0 Å². The molecule has 0 aromatic heterocycles. The van der Waals surface area contributed by atoms with Gasteiger partial charge in [0.1, 0.15) is 6.20 Å². The number of carbonyl (C=O) groups excluding carboxylic acids is 2. The van der Waals surface area contributed by atoms with Gasteiger partial charge in [0.25, 0.3) is 0 Å². The molecule has 0 aliphatic carbocycles. The molecule has 1 heterocycles. The van der Waals surface area contributed by atoms with Crippen molar-refractivity contribution in [2.75, 3.05) is 6.26 Å². The number of hydrogen-bond acceptors (Lipinski definition) is 2. The van der Waals surface area contributed by atoms with E-state index in [0.717, 1.165) is 11.6 Å². The van der Waals surface area contributed by atoms with E-state index in [2.05, 4.69) is 5.32 Å². The van der Waals surface area contributed by atoms with Crippen molar-refractivity contribution < 1.29 is 13.5 Å². The highest BCUT2D eigenvalue weighted by Crippen LogP contribution is 1.99. The molecular weight excluding hydrogens is 164 g/mol. The number of carbonyl (C=O) groups is 2. The fourth-order valence-electron chi connectivity index (χ4n) is 0.702. The highest BCUT2D eigenvalue weighted by molar-refractivity contribution is 7.64. The van der Waals surface area contributed by atoms with Crippen LogP contribution in [0, 0.1) is 0 Å². The summed E-state index contributed by atoms with van der Waals surface area (Å²) < 4.78 is 1.43. The molecule has 0 spiro atoms. The summed E-state index contributed by atoms with van der Waals surface area (Å²) in [6.45, 7) is 1.67. The summed E-state index contributed by atoms with van der Waals surface area (Å²) >= 11 is 0.804. The molecule has 60 valence electrons. The highest BCUT2D eigenvalue weighted by Gasteiger charge is 2.26. The van der Waals surface area contributed by atoms with E-state index < -0.39 is 0 Å². The van der Waals surface area contributed by atoms with Crippen LogP contribution >= 0.6 is 0 Å². The molecule has 0 saturated carbocycles. The van der Waals surface area contributed by atoms with E-state index in [9.17, 15) is 9.59 Å². The number of nitrogens with one attached hydrogen (secondary N) is 1. The van der Waals surface area contributed by atoms with Gasteiger partial charge in [0.05, 0.1) is 5.57 Å². The molecule has 0 unspecified atom stereocenters. The topological polar surface area (TPSA) is 49.2 Å². The van der Waals surface area contributed by atoms with E-state index >= 15 is 0 Å². The molecule has 0 aromatic carbocycles. The molecule has 0 aromatic rings. The van der Waals surface area contributed by atoms with Gasteiger partial charge in [0.2, 0.25) is 0 Å². The Morgan fingerprint density at radius 1 is 1.55 bits per heavy atom. The second kappa shape index (κ2) is 2.96. The summed E-state index contributed by atoms with van der Waals surface area (Å²) in [5.41, 5.74) is 0.555. The Bertz CT molecular complexity index is 280. The molecule has 1 rings (SSSR count). The number of hydrogen-bond donors (Lipinski definition) is 2. The molecule has 0 bridgehead atoms. The van der Waals surface area contributed by atoms with Gasteiger partial charge in [-0.2, -0.15) is 10.1 Å². The van der Waals surface area contributed by atoms with Crippen molar-refractivity contribution in [3.63, 3.8) is 0 Å². The predicted octanol–water partition coefficient (Wildman–Crippen LogP) is -0.219. The standard InChI is InChI=1S/C6H8N2O2S/c1-4-3-8(11-2)6(10)7-5(4)9/h3,11H,1-2H3/p+1. The lowest BCUT2D eigenvalue weighted by Crippen LogP contribution is -2.40. The SMILES string of the molecule is C/[SH]=[N+]1\C=C(C)C(=O)NC1=O. The predicted molar refractivity (Wildman–Crippen MR) is 42.2 cm³/mol. The van der Waals surface area contributed by atoms with Gasteiger partial charge in [-0.3, -0.25) is 0 Å². The Hall–Kier alpha value is -0.970. The first-order valence-corrected chi connectivity index (χ1v) is 4.37. The third-order valence-electron chi connectivity index (χ3n) is 1.32. The molecular formula is C6H9N2O2S+. The minimum Gasteiger partial charge on any atom is -0.241 e. The maximum Gasteiger partial charge on any atom is 0.509 e. The molecule has 11 heavy (non-hydrogen) atoms. The zero-order valence-electron chi connectivity index (χ0n) is 6.29. The normalized spacial score (nSPS) is 22.4. The van der Waals surface area contributed by atoms with Gasteiger partial charge in [-0.15, -0.1) is 3.95 Å². The number of imide groups is 1. The van der Waals surface area contributed by atoms with E-state index in [1.807, 2.05) is 6.26 Å². The molecule has 0 fully saturated rings. The number of urea groups is 1. The van der Waals surface area contributed by atoms with Crippen LogP contribution in [0.2, 0.25) is 0 Å². The molecule has 5 heteroatoms. The Balaban J connectivity index is 3.05. The number of thiol groups is 1. The van der Waals surface area contributed by atoms with Crippen molar-refractivity contribution in [3.05, 3.63) is 11.8 Å². The number of rotatable bonds is 0. The van der Waals surface area contributed by atoms with Crippen LogP contribution in [0.5, 0.6) is 0 Å². The second-order valence-corrected chi connectivity index (χ2v) is 2.95. The molecule has 0 saturated heterocycles. The first kappa shape index (κ1) is 8.13.